The van der Waals surface area contributed by atoms with Crippen LogP contribution in [-0.4, -0.2) is 21.8 Å². The van der Waals surface area contributed by atoms with Crippen LogP contribution in [0.4, 0.5) is 10.5 Å². The number of aryl methyl sites for hydroxylation is 1. The predicted molar refractivity (Wildman–Crippen MR) is 113 cm³/mol. The number of aromatic nitrogens is 2. The number of halogens is 1. The van der Waals surface area contributed by atoms with Crippen LogP contribution in [0.3, 0.4) is 0 Å². The predicted octanol–water partition coefficient (Wildman–Crippen LogP) is 4.41. The minimum atomic E-state index is -0.279. The van der Waals surface area contributed by atoms with Crippen LogP contribution in [0.1, 0.15) is 12.8 Å². The van der Waals surface area contributed by atoms with Crippen molar-refractivity contribution in [3.8, 4) is 11.5 Å². The number of benzene rings is 2. The Morgan fingerprint density at radius 2 is 2.07 bits per heavy atom. The van der Waals surface area contributed by atoms with Crippen LogP contribution in [0.5, 0.6) is 11.5 Å². The van der Waals surface area contributed by atoms with Crippen LogP contribution >= 0.6 is 11.6 Å². The molecular formula is C21H17ClN4O4. The summed E-state index contributed by atoms with van der Waals surface area (Å²) in [5.74, 6) is 1.01. The van der Waals surface area contributed by atoms with Gasteiger partial charge in [0.25, 0.3) is 5.56 Å². The lowest BCUT2D eigenvalue weighted by molar-refractivity contribution is 0.251. The molecule has 8 nitrogen and oxygen atoms in total. The molecule has 2 amide bonds. The second kappa shape index (κ2) is 7.07. The summed E-state index contributed by atoms with van der Waals surface area (Å²) in [6.45, 7) is 0. The molecule has 30 heavy (non-hydrogen) atoms. The molecule has 0 radical (unpaired) electrons. The van der Waals surface area contributed by atoms with Gasteiger partial charge in [0, 0.05) is 36.8 Å². The highest BCUT2D eigenvalue weighted by Crippen LogP contribution is 2.34. The first kappa shape index (κ1) is 18.5. The van der Waals surface area contributed by atoms with Gasteiger partial charge in [-0.1, -0.05) is 11.6 Å². The average molecular weight is 425 g/mol. The highest BCUT2D eigenvalue weighted by Gasteiger charge is 2.23. The molecule has 0 aliphatic heterocycles. The van der Waals surface area contributed by atoms with Gasteiger partial charge in [0.05, 0.1) is 21.6 Å². The first-order chi connectivity index (χ1) is 14.5. The van der Waals surface area contributed by atoms with E-state index in [2.05, 4.69) is 15.6 Å². The number of urea groups is 1. The molecule has 0 saturated heterocycles. The number of carbonyl (C=O) groups is 1. The monoisotopic (exact) mass is 424 g/mol. The van der Waals surface area contributed by atoms with Crippen molar-refractivity contribution < 1.29 is 14.1 Å². The first-order valence-corrected chi connectivity index (χ1v) is 9.79. The van der Waals surface area contributed by atoms with Crippen molar-refractivity contribution in [1.29, 1.82) is 0 Å². The maximum Gasteiger partial charge on any atom is 0.319 e. The van der Waals surface area contributed by atoms with E-state index in [0.29, 0.717) is 44.1 Å². The van der Waals surface area contributed by atoms with E-state index in [1.807, 2.05) is 0 Å². The molecule has 152 valence electrons. The molecule has 2 aromatic heterocycles. The quantitative estimate of drug-likeness (QED) is 0.505. The molecule has 0 bridgehead atoms. The van der Waals surface area contributed by atoms with Crippen LogP contribution < -0.4 is 20.9 Å². The summed E-state index contributed by atoms with van der Waals surface area (Å²) < 4.78 is 12.6. The second-order valence-corrected chi connectivity index (χ2v) is 7.59. The fraction of sp³-hybridized carbons (Fsp3) is 0.190. The summed E-state index contributed by atoms with van der Waals surface area (Å²) in [6, 6.07) is 10.1. The lowest BCUT2D eigenvalue weighted by atomic mass is 10.1. The number of ether oxygens (including phenoxy) is 1. The highest BCUT2D eigenvalue weighted by molar-refractivity contribution is 6.33. The standard InChI is InChI=1S/C21H17ClN4O4/c1-26-20(27)14-9-13-17(10-19(14)30-26)23-7-6-18(13)29-12-4-5-16(15(22)8-12)25-21(28)24-11-2-3-11/h4-11H,2-3H2,1H3,(H2,24,25,28). The Hall–Kier alpha value is -3.52. The van der Waals surface area contributed by atoms with Gasteiger partial charge in [-0.3, -0.25) is 9.78 Å². The molecule has 0 unspecified atom stereocenters. The molecule has 1 saturated carbocycles. The fourth-order valence-corrected chi connectivity index (χ4v) is 3.42. The fourth-order valence-electron chi connectivity index (χ4n) is 3.20. The molecule has 1 aliphatic rings. The molecule has 4 aromatic rings. The van der Waals surface area contributed by atoms with Crippen LogP contribution in [0, 0.1) is 0 Å². The van der Waals surface area contributed by atoms with E-state index in [-0.39, 0.29) is 17.6 Å². The second-order valence-electron chi connectivity index (χ2n) is 7.18. The summed E-state index contributed by atoms with van der Waals surface area (Å²) in [7, 11) is 1.56. The Kier molecular flexibility index (Phi) is 4.36. The van der Waals surface area contributed by atoms with Crippen LogP contribution in [0.2, 0.25) is 5.02 Å². The van der Waals surface area contributed by atoms with Crippen molar-refractivity contribution in [2.24, 2.45) is 7.05 Å². The van der Waals surface area contributed by atoms with Crippen molar-refractivity contribution in [2.45, 2.75) is 18.9 Å². The molecule has 2 heterocycles. The number of rotatable bonds is 4. The Balaban J connectivity index is 1.44. The number of hydrogen-bond donors (Lipinski definition) is 2. The Bertz CT molecular complexity index is 1360. The third-order valence-electron chi connectivity index (χ3n) is 4.88. The summed E-state index contributed by atoms with van der Waals surface area (Å²) >= 11 is 6.32. The van der Waals surface area contributed by atoms with Crippen LogP contribution in [0.15, 0.2) is 51.9 Å². The molecular weight excluding hydrogens is 408 g/mol. The van der Waals surface area contributed by atoms with Crippen LogP contribution in [-0.2, 0) is 7.05 Å². The normalized spacial score (nSPS) is 13.5. The van der Waals surface area contributed by atoms with E-state index in [9.17, 15) is 9.59 Å². The van der Waals surface area contributed by atoms with Gasteiger partial charge in [0.2, 0.25) is 0 Å². The van der Waals surface area contributed by atoms with Crippen molar-refractivity contribution >= 4 is 45.2 Å². The minimum Gasteiger partial charge on any atom is -0.457 e. The van der Waals surface area contributed by atoms with Gasteiger partial charge in [-0.05, 0) is 37.1 Å². The zero-order valence-corrected chi connectivity index (χ0v) is 16.7. The highest BCUT2D eigenvalue weighted by atomic mass is 35.5. The van der Waals surface area contributed by atoms with Gasteiger partial charge >= 0.3 is 6.03 Å². The zero-order valence-electron chi connectivity index (χ0n) is 15.9. The molecule has 0 atom stereocenters. The van der Waals surface area contributed by atoms with Crippen molar-refractivity contribution in [3.05, 3.63) is 58.0 Å². The Morgan fingerprint density at radius 3 is 2.83 bits per heavy atom. The summed E-state index contributed by atoms with van der Waals surface area (Å²) in [6.07, 6.45) is 3.63. The van der Waals surface area contributed by atoms with Crippen molar-refractivity contribution in [3.63, 3.8) is 0 Å². The number of hydrogen-bond acceptors (Lipinski definition) is 5. The van der Waals surface area contributed by atoms with E-state index >= 15 is 0 Å². The van der Waals surface area contributed by atoms with Crippen molar-refractivity contribution in [2.75, 3.05) is 5.32 Å². The molecule has 2 N–H and O–H groups in total. The molecule has 1 aliphatic carbocycles. The SMILES string of the molecule is Cn1oc2cc3nccc(Oc4ccc(NC(=O)NC5CC5)c(Cl)c4)c3cc2c1=O. The largest absolute Gasteiger partial charge is 0.457 e. The van der Waals surface area contributed by atoms with Crippen molar-refractivity contribution in [1.82, 2.24) is 15.0 Å². The number of carbonyl (C=O) groups excluding carboxylic acids is 1. The molecule has 5 rings (SSSR count). The van der Waals surface area contributed by atoms with E-state index in [0.717, 1.165) is 12.8 Å². The number of nitrogens with zero attached hydrogens (tertiary/aromatic N) is 2. The van der Waals surface area contributed by atoms with Gasteiger partial charge < -0.3 is 19.9 Å². The molecule has 0 spiro atoms. The van der Waals surface area contributed by atoms with E-state index in [4.69, 9.17) is 20.9 Å². The third-order valence-corrected chi connectivity index (χ3v) is 5.20. The number of nitrogens with one attached hydrogen (secondary N) is 2. The number of amides is 2. The summed E-state index contributed by atoms with van der Waals surface area (Å²) in [5.41, 5.74) is 1.35. The third kappa shape index (κ3) is 3.46. The smallest absolute Gasteiger partial charge is 0.319 e. The lowest BCUT2D eigenvalue weighted by Crippen LogP contribution is -2.30. The molecule has 9 heteroatoms. The maximum absolute atomic E-state index is 12.2. The molecule has 1 fully saturated rings. The van der Waals surface area contributed by atoms with Gasteiger partial charge in [-0.25, -0.2) is 4.79 Å². The van der Waals surface area contributed by atoms with Gasteiger partial charge in [-0.15, -0.1) is 0 Å². The van der Waals surface area contributed by atoms with Gasteiger partial charge in [0.1, 0.15) is 11.5 Å². The number of pyridine rings is 1. The van der Waals surface area contributed by atoms with E-state index in [1.54, 1.807) is 49.6 Å². The van der Waals surface area contributed by atoms with Gasteiger partial charge in [-0.2, -0.15) is 4.74 Å². The maximum atomic E-state index is 12.2. The van der Waals surface area contributed by atoms with Crippen LogP contribution in [0.25, 0.3) is 21.9 Å². The first-order valence-electron chi connectivity index (χ1n) is 9.41. The lowest BCUT2D eigenvalue weighted by Gasteiger charge is -2.12. The summed E-state index contributed by atoms with van der Waals surface area (Å²) in [5, 5.41) is 7.05. The minimum absolute atomic E-state index is 0.232. The van der Waals surface area contributed by atoms with Gasteiger partial charge in [0.15, 0.2) is 5.58 Å². The Morgan fingerprint density at radius 1 is 1.23 bits per heavy atom. The average Bonchev–Trinajstić information content (AvgIpc) is 3.48. The van der Waals surface area contributed by atoms with E-state index in [1.165, 1.54) is 4.74 Å². The molecule has 2 aromatic carbocycles. The number of anilines is 1. The zero-order chi connectivity index (χ0) is 20.8. The Labute approximate surface area is 175 Å². The summed E-state index contributed by atoms with van der Waals surface area (Å²) in [4.78, 5) is 28.5. The van der Waals surface area contributed by atoms with E-state index < -0.39 is 0 Å². The number of fused-ring (bicyclic) bond motifs is 2. The topological polar surface area (TPSA) is 98.4 Å².